The van der Waals surface area contributed by atoms with Crippen molar-refractivity contribution < 1.29 is 0 Å². The highest BCUT2D eigenvalue weighted by molar-refractivity contribution is 9.11. The van der Waals surface area contributed by atoms with Crippen LogP contribution in [0.25, 0.3) is 0 Å². The first-order valence-electron chi connectivity index (χ1n) is 5.25. The Balaban J connectivity index is 1.97. The lowest BCUT2D eigenvalue weighted by molar-refractivity contribution is 0.446. The van der Waals surface area contributed by atoms with Crippen LogP contribution in [0.4, 0.5) is 0 Å². The Morgan fingerprint density at radius 1 is 1.50 bits per heavy atom. The fraction of sp³-hybridized carbons (Fsp3) is 0.545. The smallest absolute Gasteiger partial charge is 0.157 e. The molecule has 0 saturated carbocycles. The van der Waals surface area contributed by atoms with Gasteiger partial charge in [0.05, 0.1) is 10.3 Å². The number of rotatable bonds is 2. The summed E-state index contributed by atoms with van der Waals surface area (Å²) >= 11 is 7.04. The lowest BCUT2D eigenvalue weighted by Crippen LogP contribution is -2.46. The molecule has 1 aliphatic rings. The number of thiophene rings is 1. The summed E-state index contributed by atoms with van der Waals surface area (Å²) in [5, 5.41) is 4.56. The molecule has 0 atom stereocenters. The summed E-state index contributed by atoms with van der Waals surface area (Å²) in [6, 6.07) is 4.20. The van der Waals surface area contributed by atoms with Crippen molar-refractivity contribution in [2.24, 2.45) is 4.99 Å². The molecule has 0 unspecified atom stereocenters. The number of nitrogens with zero attached hydrogens (tertiary/aromatic N) is 1. The molecule has 1 N–H and O–H groups in total. The maximum Gasteiger partial charge on any atom is 0.157 e. The maximum atomic E-state index is 4.62. The van der Waals surface area contributed by atoms with Crippen molar-refractivity contribution >= 4 is 44.2 Å². The molecule has 2 nitrogen and oxygen atoms in total. The molecular weight excluding hydrogens is 304 g/mol. The van der Waals surface area contributed by atoms with Gasteiger partial charge in [0, 0.05) is 16.2 Å². The van der Waals surface area contributed by atoms with E-state index >= 15 is 0 Å². The van der Waals surface area contributed by atoms with Gasteiger partial charge in [-0.1, -0.05) is 11.8 Å². The lowest BCUT2D eigenvalue weighted by atomic mass is 10.0. The minimum absolute atomic E-state index is 0.195. The van der Waals surface area contributed by atoms with E-state index in [0.717, 1.165) is 17.5 Å². The highest BCUT2D eigenvalue weighted by atomic mass is 79.9. The van der Waals surface area contributed by atoms with Crippen LogP contribution in [-0.4, -0.2) is 16.5 Å². The first kappa shape index (κ1) is 12.5. The van der Waals surface area contributed by atoms with Gasteiger partial charge in [-0.25, -0.2) is 0 Å². The largest absolute Gasteiger partial charge is 0.360 e. The summed E-state index contributed by atoms with van der Waals surface area (Å²) in [6.45, 7) is 5.23. The fourth-order valence-electron chi connectivity index (χ4n) is 1.46. The Bertz CT molecular complexity index is 398. The van der Waals surface area contributed by atoms with Crippen LogP contribution in [0.15, 0.2) is 20.9 Å². The average molecular weight is 319 g/mol. The summed E-state index contributed by atoms with van der Waals surface area (Å²) < 4.78 is 1.17. The summed E-state index contributed by atoms with van der Waals surface area (Å²) in [7, 11) is 0. The van der Waals surface area contributed by atoms with E-state index < -0.39 is 0 Å². The van der Waals surface area contributed by atoms with Crippen LogP contribution >= 0.6 is 39.0 Å². The monoisotopic (exact) mass is 318 g/mol. The van der Waals surface area contributed by atoms with E-state index in [1.807, 2.05) is 11.8 Å². The normalized spacial score (nSPS) is 22.1. The summed E-state index contributed by atoms with van der Waals surface area (Å²) in [4.78, 5) is 5.92. The van der Waals surface area contributed by atoms with E-state index in [2.05, 4.69) is 52.2 Å². The van der Waals surface area contributed by atoms with Crippen LogP contribution in [0.3, 0.4) is 0 Å². The summed E-state index contributed by atoms with van der Waals surface area (Å²) in [5.41, 5.74) is 0.195. The van der Waals surface area contributed by atoms with E-state index in [9.17, 15) is 0 Å². The highest BCUT2D eigenvalue weighted by Gasteiger charge is 2.23. The first-order valence-corrected chi connectivity index (χ1v) is 7.84. The third-order valence-corrected chi connectivity index (χ3v) is 4.94. The third kappa shape index (κ3) is 3.50. The zero-order chi connectivity index (χ0) is 11.6. The average Bonchev–Trinajstić information content (AvgIpc) is 2.60. The lowest BCUT2D eigenvalue weighted by Gasteiger charge is -2.32. The second-order valence-corrected chi connectivity index (χ2v) is 8.07. The number of thioether (sulfide) groups is 1. The second kappa shape index (κ2) is 5.10. The Kier molecular flexibility index (Phi) is 3.97. The Labute approximate surface area is 113 Å². The minimum Gasteiger partial charge on any atom is -0.360 e. The van der Waals surface area contributed by atoms with Gasteiger partial charge in [0.25, 0.3) is 0 Å². The molecule has 1 saturated heterocycles. The van der Waals surface area contributed by atoms with Crippen molar-refractivity contribution in [2.75, 3.05) is 5.75 Å². The van der Waals surface area contributed by atoms with Gasteiger partial charge in [0.15, 0.2) is 5.17 Å². The molecule has 0 aliphatic carbocycles. The Morgan fingerprint density at radius 3 is 2.94 bits per heavy atom. The fourth-order valence-corrected chi connectivity index (χ4v) is 4.18. The molecule has 2 rings (SSSR count). The van der Waals surface area contributed by atoms with Gasteiger partial charge in [-0.2, -0.15) is 0 Å². The standard InChI is InChI=1S/C11H15BrN2S2/c1-11(2)5-6-15-10(14-11)13-7-8-3-4-9(12)16-8/h3-4H,5-7H2,1-2H3,(H,13,14). The van der Waals surface area contributed by atoms with E-state index in [1.54, 1.807) is 11.3 Å². The molecule has 88 valence electrons. The number of aliphatic imine (C=N–C) groups is 1. The van der Waals surface area contributed by atoms with E-state index in [0.29, 0.717) is 0 Å². The molecule has 2 heterocycles. The van der Waals surface area contributed by atoms with Crippen LogP contribution in [-0.2, 0) is 6.54 Å². The van der Waals surface area contributed by atoms with Gasteiger partial charge in [-0.3, -0.25) is 4.99 Å². The second-order valence-electron chi connectivity index (χ2n) is 4.43. The highest BCUT2D eigenvalue weighted by Crippen LogP contribution is 2.24. The molecule has 5 heteroatoms. The van der Waals surface area contributed by atoms with Crippen molar-refractivity contribution in [3.05, 3.63) is 20.8 Å². The van der Waals surface area contributed by atoms with Gasteiger partial charge in [0.1, 0.15) is 0 Å². The van der Waals surface area contributed by atoms with Gasteiger partial charge in [-0.15, -0.1) is 11.3 Å². The molecule has 1 aromatic heterocycles. The molecule has 0 bridgehead atoms. The number of nitrogens with one attached hydrogen (secondary N) is 1. The number of halogens is 1. The Morgan fingerprint density at radius 2 is 2.31 bits per heavy atom. The minimum atomic E-state index is 0.195. The predicted molar refractivity (Wildman–Crippen MR) is 77.4 cm³/mol. The Hall–Kier alpha value is -0.0000000000000000278. The molecule has 1 aromatic rings. The SMILES string of the molecule is CC1(C)CCSC(=NCc2ccc(Br)s2)N1. The number of hydrogen-bond acceptors (Lipinski definition) is 3. The molecular formula is C11H15BrN2S2. The summed E-state index contributed by atoms with van der Waals surface area (Å²) in [6.07, 6.45) is 1.20. The zero-order valence-corrected chi connectivity index (χ0v) is 12.6. The molecule has 0 spiro atoms. The maximum absolute atomic E-state index is 4.62. The first-order chi connectivity index (χ1) is 7.55. The zero-order valence-electron chi connectivity index (χ0n) is 9.42. The quantitative estimate of drug-likeness (QED) is 0.895. The van der Waals surface area contributed by atoms with Gasteiger partial charge in [0.2, 0.25) is 0 Å². The molecule has 0 aromatic carbocycles. The van der Waals surface area contributed by atoms with Crippen molar-refractivity contribution in [2.45, 2.75) is 32.4 Å². The third-order valence-electron chi connectivity index (χ3n) is 2.42. The molecule has 0 radical (unpaired) electrons. The summed E-state index contributed by atoms with van der Waals surface area (Å²) in [5.74, 6) is 1.16. The topological polar surface area (TPSA) is 24.4 Å². The van der Waals surface area contributed by atoms with Crippen molar-refractivity contribution in [1.29, 1.82) is 0 Å². The van der Waals surface area contributed by atoms with E-state index in [1.165, 1.54) is 15.1 Å². The molecule has 0 amide bonds. The van der Waals surface area contributed by atoms with Gasteiger partial charge < -0.3 is 5.32 Å². The van der Waals surface area contributed by atoms with Gasteiger partial charge in [-0.05, 0) is 48.3 Å². The van der Waals surface area contributed by atoms with E-state index in [-0.39, 0.29) is 5.54 Å². The van der Waals surface area contributed by atoms with Gasteiger partial charge >= 0.3 is 0 Å². The molecule has 1 aliphatic heterocycles. The van der Waals surface area contributed by atoms with E-state index in [4.69, 9.17) is 0 Å². The van der Waals surface area contributed by atoms with Crippen molar-refractivity contribution in [3.8, 4) is 0 Å². The predicted octanol–water partition coefficient (Wildman–Crippen LogP) is 3.87. The molecule has 1 fully saturated rings. The van der Waals surface area contributed by atoms with Crippen LogP contribution < -0.4 is 5.32 Å². The van der Waals surface area contributed by atoms with Crippen LogP contribution in [0.2, 0.25) is 0 Å². The number of amidine groups is 1. The van der Waals surface area contributed by atoms with Crippen LogP contribution in [0.1, 0.15) is 25.1 Å². The molecule has 16 heavy (non-hydrogen) atoms. The van der Waals surface area contributed by atoms with Crippen LogP contribution in [0, 0.1) is 0 Å². The van der Waals surface area contributed by atoms with Crippen LogP contribution in [0.5, 0.6) is 0 Å². The number of hydrogen-bond donors (Lipinski definition) is 1. The van der Waals surface area contributed by atoms with Crippen molar-refractivity contribution in [3.63, 3.8) is 0 Å². The van der Waals surface area contributed by atoms with Crippen molar-refractivity contribution in [1.82, 2.24) is 5.32 Å².